The molecule has 0 fully saturated rings. The highest BCUT2D eigenvalue weighted by Gasteiger charge is 2.12. The number of carbonyl (C=O) groups excluding carboxylic acids is 1. The van der Waals surface area contributed by atoms with Crippen LogP contribution in [-0.2, 0) is 0 Å². The number of nitrogens with zero attached hydrogens (tertiary/aromatic N) is 1. The first-order valence-corrected chi connectivity index (χ1v) is 8.59. The molecule has 26 heavy (non-hydrogen) atoms. The highest BCUT2D eigenvalue weighted by molar-refractivity contribution is 5.99. The van der Waals surface area contributed by atoms with E-state index in [0.29, 0.717) is 11.4 Å². The van der Waals surface area contributed by atoms with Crippen molar-refractivity contribution in [2.24, 2.45) is 0 Å². The predicted octanol–water partition coefficient (Wildman–Crippen LogP) is 4.33. The molecule has 0 aliphatic carbocycles. The highest BCUT2D eigenvalue weighted by atomic mass is 19.1. The van der Waals surface area contributed by atoms with Gasteiger partial charge in [-0.25, -0.2) is 9.18 Å². The minimum atomic E-state index is -0.425. The lowest BCUT2D eigenvalue weighted by atomic mass is 10.2. The number of halogens is 1. The number of unbranched alkanes of at least 4 members (excludes halogenated alkanes) is 1. The van der Waals surface area contributed by atoms with Gasteiger partial charge in [-0.05, 0) is 55.3 Å². The molecule has 6 nitrogen and oxygen atoms in total. The molecule has 0 bridgehead atoms. The third kappa shape index (κ3) is 4.73. The van der Waals surface area contributed by atoms with E-state index in [2.05, 4.69) is 28.5 Å². The standard InChI is InChI=1S/C19H22FN5O/c1-2-3-6-17-13-25(24-23-17)18-10-8-15(9-11-18)21-19(26)22-16-7-4-5-14(20)12-16/h4-5,7-13,23-24H,2-3,6H2,1H3,(H2,21,22,26). The summed E-state index contributed by atoms with van der Waals surface area (Å²) in [6.45, 7) is 2.16. The van der Waals surface area contributed by atoms with Crippen molar-refractivity contribution in [1.29, 1.82) is 0 Å². The minimum Gasteiger partial charge on any atom is -0.308 e. The zero-order valence-electron chi connectivity index (χ0n) is 14.6. The lowest BCUT2D eigenvalue weighted by Gasteiger charge is -2.15. The Balaban J connectivity index is 1.56. The van der Waals surface area contributed by atoms with Gasteiger partial charge in [-0.3, -0.25) is 5.01 Å². The first kappa shape index (κ1) is 17.8. The van der Waals surface area contributed by atoms with Gasteiger partial charge in [0.25, 0.3) is 0 Å². The maximum absolute atomic E-state index is 13.1. The molecule has 0 spiro atoms. The van der Waals surface area contributed by atoms with Crippen LogP contribution >= 0.6 is 0 Å². The van der Waals surface area contributed by atoms with Crippen molar-refractivity contribution in [3.8, 4) is 0 Å². The number of nitrogens with one attached hydrogen (secondary N) is 4. The van der Waals surface area contributed by atoms with Crippen LogP contribution in [0.3, 0.4) is 0 Å². The number of carbonyl (C=O) groups is 1. The Hall–Kier alpha value is -3.06. The molecule has 0 saturated carbocycles. The quantitative estimate of drug-likeness (QED) is 0.623. The fourth-order valence-corrected chi connectivity index (χ4v) is 2.55. The van der Waals surface area contributed by atoms with E-state index in [-0.39, 0.29) is 0 Å². The van der Waals surface area contributed by atoms with Crippen LogP contribution in [-0.4, -0.2) is 6.03 Å². The van der Waals surface area contributed by atoms with Crippen molar-refractivity contribution in [1.82, 2.24) is 11.0 Å². The van der Waals surface area contributed by atoms with Gasteiger partial charge in [0.15, 0.2) is 0 Å². The van der Waals surface area contributed by atoms with Crippen molar-refractivity contribution in [2.75, 3.05) is 15.6 Å². The third-order valence-corrected chi connectivity index (χ3v) is 3.91. The lowest BCUT2D eigenvalue weighted by molar-refractivity contribution is 0.262. The molecule has 2 amide bonds. The first-order valence-electron chi connectivity index (χ1n) is 8.59. The minimum absolute atomic E-state index is 0.398. The average Bonchev–Trinajstić information content (AvgIpc) is 3.09. The molecule has 0 unspecified atom stereocenters. The van der Waals surface area contributed by atoms with E-state index in [1.54, 1.807) is 24.3 Å². The molecular weight excluding hydrogens is 333 g/mol. The Morgan fingerprint density at radius 1 is 1.12 bits per heavy atom. The SMILES string of the molecule is CCCCC1=CN(c2ccc(NC(=O)Nc3cccc(F)c3)cc2)NN1. The van der Waals surface area contributed by atoms with Crippen LogP contribution in [0.15, 0.2) is 60.4 Å². The largest absolute Gasteiger partial charge is 0.323 e. The Labute approximate surface area is 152 Å². The fraction of sp³-hybridized carbons (Fsp3) is 0.211. The summed E-state index contributed by atoms with van der Waals surface area (Å²) >= 11 is 0. The fourth-order valence-electron chi connectivity index (χ4n) is 2.55. The highest BCUT2D eigenvalue weighted by Crippen LogP contribution is 2.20. The summed E-state index contributed by atoms with van der Waals surface area (Å²) in [5.41, 5.74) is 9.36. The zero-order chi connectivity index (χ0) is 18.4. The van der Waals surface area contributed by atoms with Crippen LogP contribution in [0.4, 0.5) is 26.2 Å². The Kier molecular flexibility index (Phi) is 5.70. The van der Waals surface area contributed by atoms with Gasteiger partial charge in [-0.15, -0.1) is 5.53 Å². The van der Waals surface area contributed by atoms with Gasteiger partial charge in [0, 0.05) is 23.3 Å². The van der Waals surface area contributed by atoms with Crippen molar-refractivity contribution < 1.29 is 9.18 Å². The normalized spacial score (nSPS) is 13.2. The van der Waals surface area contributed by atoms with Crippen molar-refractivity contribution in [3.05, 3.63) is 66.2 Å². The molecule has 2 aromatic carbocycles. The molecule has 1 aliphatic rings. The van der Waals surface area contributed by atoms with E-state index < -0.39 is 11.8 Å². The molecule has 1 heterocycles. The summed E-state index contributed by atoms with van der Waals surface area (Å²) in [6.07, 6.45) is 5.31. The number of rotatable bonds is 6. The maximum Gasteiger partial charge on any atom is 0.323 e. The molecule has 7 heteroatoms. The van der Waals surface area contributed by atoms with Crippen LogP contribution in [0.1, 0.15) is 26.2 Å². The summed E-state index contributed by atoms with van der Waals surface area (Å²) in [6, 6.07) is 12.7. The van der Waals surface area contributed by atoms with Crippen LogP contribution in [0.25, 0.3) is 0 Å². The van der Waals surface area contributed by atoms with Crippen molar-refractivity contribution in [2.45, 2.75) is 26.2 Å². The molecule has 0 radical (unpaired) electrons. The zero-order valence-corrected chi connectivity index (χ0v) is 14.6. The number of hydrogen-bond acceptors (Lipinski definition) is 4. The van der Waals surface area contributed by atoms with E-state index in [0.717, 1.165) is 30.6 Å². The molecule has 0 saturated heterocycles. The van der Waals surface area contributed by atoms with Gasteiger partial charge in [-0.1, -0.05) is 19.4 Å². The number of hydrazine groups is 2. The molecular formula is C19H22FN5O. The molecule has 4 N–H and O–H groups in total. The summed E-state index contributed by atoms with van der Waals surface area (Å²) in [4.78, 5) is 12.0. The van der Waals surface area contributed by atoms with Gasteiger partial charge in [-0.2, -0.15) is 0 Å². The number of amides is 2. The number of anilines is 3. The summed E-state index contributed by atoms with van der Waals surface area (Å²) in [5, 5.41) is 7.21. The van der Waals surface area contributed by atoms with Crippen LogP contribution in [0, 0.1) is 5.82 Å². The van der Waals surface area contributed by atoms with Crippen molar-refractivity contribution in [3.63, 3.8) is 0 Å². The topological polar surface area (TPSA) is 68.4 Å². The second-order valence-electron chi connectivity index (χ2n) is 6.00. The van der Waals surface area contributed by atoms with E-state index in [1.165, 1.54) is 12.1 Å². The molecule has 136 valence electrons. The Morgan fingerprint density at radius 3 is 2.62 bits per heavy atom. The van der Waals surface area contributed by atoms with E-state index in [1.807, 2.05) is 23.3 Å². The van der Waals surface area contributed by atoms with Gasteiger partial charge >= 0.3 is 6.03 Å². The molecule has 0 atom stereocenters. The van der Waals surface area contributed by atoms with E-state index in [4.69, 9.17) is 0 Å². The summed E-state index contributed by atoms with van der Waals surface area (Å²) < 4.78 is 13.1. The number of urea groups is 1. The number of allylic oxidation sites excluding steroid dienone is 1. The Bertz CT molecular complexity index is 791. The van der Waals surface area contributed by atoms with Gasteiger partial charge in [0.2, 0.25) is 0 Å². The third-order valence-electron chi connectivity index (χ3n) is 3.91. The molecule has 3 rings (SSSR count). The average molecular weight is 355 g/mol. The summed E-state index contributed by atoms with van der Waals surface area (Å²) in [5.74, 6) is -0.398. The maximum atomic E-state index is 13.1. The van der Waals surface area contributed by atoms with Gasteiger partial charge in [0.1, 0.15) is 5.82 Å². The smallest absolute Gasteiger partial charge is 0.308 e. The predicted molar refractivity (Wildman–Crippen MR) is 102 cm³/mol. The van der Waals surface area contributed by atoms with Crippen molar-refractivity contribution >= 4 is 23.1 Å². The van der Waals surface area contributed by atoms with E-state index in [9.17, 15) is 9.18 Å². The van der Waals surface area contributed by atoms with Crippen LogP contribution in [0.5, 0.6) is 0 Å². The van der Waals surface area contributed by atoms with Gasteiger partial charge < -0.3 is 16.1 Å². The monoisotopic (exact) mass is 355 g/mol. The van der Waals surface area contributed by atoms with E-state index >= 15 is 0 Å². The molecule has 2 aromatic rings. The molecule has 1 aliphatic heterocycles. The number of hydrogen-bond donors (Lipinski definition) is 4. The second-order valence-corrected chi connectivity index (χ2v) is 6.00. The molecule has 0 aromatic heterocycles. The lowest BCUT2D eigenvalue weighted by Crippen LogP contribution is -2.36. The van der Waals surface area contributed by atoms with Crippen LogP contribution < -0.4 is 26.6 Å². The number of benzene rings is 2. The Morgan fingerprint density at radius 2 is 1.88 bits per heavy atom. The van der Waals surface area contributed by atoms with Gasteiger partial charge in [0.05, 0.1) is 5.69 Å². The second kappa shape index (κ2) is 8.35. The summed E-state index contributed by atoms with van der Waals surface area (Å²) in [7, 11) is 0. The first-order chi connectivity index (χ1) is 12.6. The van der Waals surface area contributed by atoms with Crippen LogP contribution in [0.2, 0.25) is 0 Å².